The smallest absolute Gasteiger partial charge is 0.241 e. The monoisotopic (exact) mass is 307 g/mol. The number of halogens is 1. The highest BCUT2D eigenvalue weighted by Gasteiger charge is 2.17. The van der Waals surface area contributed by atoms with Gasteiger partial charge in [-0.15, -0.1) is 0 Å². The molecule has 0 aliphatic carbocycles. The molecule has 1 aliphatic rings. The van der Waals surface area contributed by atoms with Crippen molar-refractivity contribution in [3.05, 3.63) is 24.0 Å². The summed E-state index contributed by atoms with van der Waals surface area (Å²) >= 11 is 5.97. The molecule has 0 radical (unpaired) electrons. The molecular formula is C13H18ClN7. The second-order valence-electron chi connectivity index (χ2n) is 5.35. The van der Waals surface area contributed by atoms with Crippen molar-refractivity contribution in [3.8, 4) is 5.95 Å². The van der Waals surface area contributed by atoms with Crippen LogP contribution in [0.2, 0.25) is 5.28 Å². The van der Waals surface area contributed by atoms with Gasteiger partial charge in [-0.3, -0.25) is 4.57 Å². The highest BCUT2D eigenvalue weighted by molar-refractivity contribution is 6.28. The Morgan fingerprint density at radius 3 is 3.05 bits per heavy atom. The lowest BCUT2D eigenvalue weighted by molar-refractivity contribution is 0.217. The summed E-state index contributed by atoms with van der Waals surface area (Å²) in [6.45, 7) is 3.12. The maximum absolute atomic E-state index is 5.97. The Morgan fingerprint density at radius 2 is 2.29 bits per heavy atom. The minimum atomic E-state index is 0.178. The molecule has 1 saturated heterocycles. The number of aromatic nitrogens is 5. The van der Waals surface area contributed by atoms with Gasteiger partial charge in [0.05, 0.1) is 0 Å². The summed E-state index contributed by atoms with van der Waals surface area (Å²) in [5, 5.41) is 3.45. The Balaban J connectivity index is 1.68. The van der Waals surface area contributed by atoms with Crippen LogP contribution in [0.1, 0.15) is 12.8 Å². The molecule has 0 spiro atoms. The van der Waals surface area contributed by atoms with Gasteiger partial charge in [0.25, 0.3) is 0 Å². The quantitative estimate of drug-likeness (QED) is 0.922. The number of hydrogen-bond donors (Lipinski definition) is 1. The number of imidazole rings is 1. The van der Waals surface area contributed by atoms with Gasteiger partial charge in [-0.1, -0.05) is 0 Å². The predicted molar refractivity (Wildman–Crippen MR) is 80.7 cm³/mol. The second kappa shape index (κ2) is 6.36. The zero-order chi connectivity index (χ0) is 14.7. The van der Waals surface area contributed by atoms with Gasteiger partial charge in [-0.25, -0.2) is 4.98 Å². The molecular weight excluding hydrogens is 290 g/mol. The van der Waals surface area contributed by atoms with E-state index in [4.69, 9.17) is 11.6 Å². The minimum absolute atomic E-state index is 0.178. The van der Waals surface area contributed by atoms with Crippen LogP contribution in [-0.4, -0.2) is 56.1 Å². The van der Waals surface area contributed by atoms with E-state index >= 15 is 0 Å². The molecule has 2 aromatic heterocycles. The fourth-order valence-electron chi connectivity index (χ4n) is 2.59. The van der Waals surface area contributed by atoms with Crippen LogP contribution >= 0.6 is 11.6 Å². The molecule has 1 fully saturated rings. The van der Waals surface area contributed by atoms with E-state index in [1.165, 1.54) is 19.4 Å². The van der Waals surface area contributed by atoms with E-state index in [-0.39, 0.29) is 5.28 Å². The third-order valence-electron chi connectivity index (χ3n) is 3.60. The summed E-state index contributed by atoms with van der Waals surface area (Å²) in [5.41, 5.74) is 0. The molecule has 0 aromatic carbocycles. The predicted octanol–water partition coefficient (Wildman–Crippen LogP) is 1.46. The average Bonchev–Trinajstić information content (AvgIpc) is 2.99. The topological polar surface area (TPSA) is 71.8 Å². The van der Waals surface area contributed by atoms with Crippen LogP contribution in [0.25, 0.3) is 5.95 Å². The van der Waals surface area contributed by atoms with Crippen molar-refractivity contribution in [1.29, 1.82) is 0 Å². The van der Waals surface area contributed by atoms with E-state index in [1.807, 2.05) is 0 Å². The first-order chi connectivity index (χ1) is 10.2. The Labute approximate surface area is 128 Å². The number of piperidine rings is 1. The molecule has 2 aromatic rings. The fraction of sp³-hybridized carbons (Fsp3) is 0.538. The molecule has 1 aliphatic heterocycles. The summed E-state index contributed by atoms with van der Waals surface area (Å²) in [5.74, 6) is 1.58. The van der Waals surface area contributed by atoms with Gasteiger partial charge in [0.15, 0.2) is 0 Å². The zero-order valence-corrected chi connectivity index (χ0v) is 12.7. The van der Waals surface area contributed by atoms with Crippen molar-refractivity contribution < 1.29 is 0 Å². The molecule has 0 amide bonds. The van der Waals surface area contributed by atoms with Gasteiger partial charge in [-0.2, -0.15) is 15.0 Å². The number of nitrogens with one attached hydrogen (secondary N) is 1. The third kappa shape index (κ3) is 3.68. The molecule has 112 valence electrons. The van der Waals surface area contributed by atoms with Crippen LogP contribution in [0.4, 0.5) is 5.95 Å². The van der Waals surface area contributed by atoms with Gasteiger partial charge in [0.2, 0.25) is 17.2 Å². The summed E-state index contributed by atoms with van der Waals surface area (Å²) in [6.07, 6.45) is 7.53. The van der Waals surface area contributed by atoms with Crippen molar-refractivity contribution in [2.24, 2.45) is 5.92 Å². The van der Waals surface area contributed by atoms with Crippen LogP contribution in [0.15, 0.2) is 18.7 Å². The molecule has 1 atom stereocenters. The minimum Gasteiger partial charge on any atom is -0.354 e. The number of nitrogens with zero attached hydrogens (tertiary/aromatic N) is 6. The summed E-state index contributed by atoms with van der Waals surface area (Å²) in [7, 11) is 2.16. The lowest BCUT2D eigenvalue weighted by Crippen LogP contribution is -2.35. The van der Waals surface area contributed by atoms with E-state index in [0.29, 0.717) is 17.8 Å². The van der Waals surface area contributed by atoms with E-state index in [9.17, 15) is 0 Å². The van der Waals surface area contributed by atoms with Gasteiger partial charge >= 0.3 is 0 Å². The van der Waals surface area contributed by atoms with Crippen LogP contribution < -0.4 is 5.32 Å². The first-order valence-corrected chi connectivity index (χ1v) is 7.41. The number of hydrogen-bond acceptors (Lipinski definition) is 6. The van der Waals surface area contributed by atoms with Crippen LogP contribution in [0.5, 0.6) is 0 Å². The lowest BCUT2D eigenvalue weighted by Gasteiger charge is -2.29. The maximum atomic E-state index is 5.97. The maximum Gasteiger partial charge on any atom is 0.241 e. The molecule has 0 saturated carbocycles. The Kier molecular flexibility index (Phi) is 4.31. The standard InChI is InChI=1S/C13H18ClN7/c1-20-5-2-3-10(8-20)7-16-12-17-11(14)18-13(19-12)21-6-4-15-9-21/h4,6,9-10H,2-3,5,7-8H2,1H3,(H,16,17,18,19). The van der Waals surface area contributed by atoms with Crippen LogP contribution in [-0.2, 0) is 0 Å². The third-order valence-corrected chi connectivity index (χ3v) is 3.77. The van der Waals surface area contributed by atoms with E-state index in [2.05, 4.69) is 37.2 Å². The molecule has 0 bridgehead atoms. The number of likely N-dealkylation sites (tertiary alicyclic amines) is 1. The number of rotatable bonds is 4. The van der Waals surface area contributed by atoms with E-state index in [1.54, 1.807) is 23.3 Å². The Morgan fingerprint density at radius 1 is 1.38 bits per heavy atom. The van der Waals surface area contributed by atoms with Crippen molar-refractivity contribution >= 4 is 17.5 Å². The van der Waals surface area contributed by atoms with Gasteiger partial charge in [0, 0.05) is 25.5 Å². The van der Waals surface area contributed by atoms with Crippen molar-refractivity contribution in [3.63, 3.8) is 0 Å². The van der Waals surface area contributed by atoms with E-state index < -0.39 is 0 Å². The first kappa shape index (κ1) is 14.2. The van der Waals surface area contributed by atoms with E-state index in [0.717, 1.165) is 13.1 Å². The molecule has 7 nitrogen and oxygen atoms in total. The highest BCUT2D eigenvalue weighted by atomic mass is 35.5. The molecule has 1 N–H and O–H groups in total. The summed E-state index contributed by atoms with van der Waals surface area (Å²) in [4.78, 5) is 18.9. The Bertz CT molecular complexity index is 586. The van der Waals surface area contributed by atoms with Crippen molar-refractivity contribution in [1.82, 2.24) is 29.4 Å². The molecule has 3 heterocycles. The molecule has 8 heteroatoms. The normalized spacial score (nSPS) is 19.6. The van der Waals surface area contributed by atoms with Gasteiger partial charge in [-0.05, 0) is 44.0 Å². The van der Waals surface area contributed by atoms with Crippen molar-refractivity contribution in [2.75, 3.05) is 32.0 Å². The molecule has 3 rings (SSSR count). The largest absolute Gasteiger partial charge is 0.354 e. The first-order valence-electron chi connectivity index (χ1n) is 7.03. The van der Waals surface area contributed by atoms with Crippen molar-refractivity contribution in [2.45, 2.75) is 12.8 Å². The average molecular weight is 308 g/mol. The summed E-state index contributed by atoms with van der Waals surface area (Å²) < 4.78 is 1.70. The number of anilines is 1. The Hall–Kier alpha value is -1.73. The molecule has 21 heavy (non-hydrogen) atoms. The van der Waals surface area contributed by atoms with Crippen LogP contribution in [0, 0.1) is 5.92 Å². The second-order valence-corrected chi connectivity index (χ2v) is 5.69. The van der Waals surface area contributed by atoms with Gasteiger partial charge in [0.1, 0.15) is 6.33 Å². The fourth-order valence-corrected chi connectivity index (χ4v) is 2.74. The molecule has 1 unspecified atom stereocenters. The SMILES string of the molecule is CN1CCCC(CNc2nc(Cl)nc(-n3ccnc3)n2)C1. The summed E-state index contributed by atoms with van der Waals surface area (Å²) in [6, 6.07) is 0. The zero-order valence-electron chi connectivity index (χ0n) is 11.9. The lowest BCUT2D eigenvalue weighted by atomic mass is 9.99. The van der Waals surface area contributed by atoms with Crippen LogP contribution in [0.3, 0.4) is 0 Å². The highest BCUT2D eigenvalue weighted by Crippen LogP contribution is 2.16. The van der Waals surface area contributed by atoms with Gasteiger partial charge < -0.3 is 10.2 Å².